The van der Waals surface area contributed by atoms with E-state index < -0.39 is 0 Å². The van der Waals surface area contributed by atoms with E-state index >= 15 is 0 Å². The molecule has 1 saturated carbocycles. The summed E-state index contributed by atoms with van der Waals surface area (Å²) in [6.45, 7) is 2.62. The summed E-state index contributed by atoms with van der Waals surface area (Å²) in [4.78, 5) is 19.0. The number of benzene rings is 1. The molecular weight excluding hydrogens is 324 g/mol. The maximum atomic E-state index is 12.5. The number of amides is 1. The number of fused-ring (bicyclic) bond motifs is 1. The van der Waals surface area contributed by atoms with Crippen LogP contribution in [0.25, 0.3) is 10.9 Å². The number of carbonyl (C=O) groups is 1. The minimum Gasteiger partial charge on any atom is -0.375 e. The third-order valence-corrected chi connectivity index (χ3v) is 5.10. The van der Waals surface area contributed by atoms with Crippen LogP contribution in [-0.4, -0.2) is 35.5 Å². The Labute approximate surface area is 147 Å². The Morgan fingerprint density at radius 2 is 2.12 bits per heavy atom. The molecule has 0 radical (unpaired) electrons. The van der Waals surface area contributed by atoms with Crippen molar-refractivity contribution in [1.82, 2.24) is 9.88 Å². The molecule has 4 nitrogen and oxygen atoms in total. The highest BCUT2D eigenvalue weighted by molar-refractivity contribution is 6.30. The first-order valence-corrected chi connectivity index (χ1v) is 8.81. The van der Waals surface area contributed by atoms with Crippen LogP contribution in [0, 0.1) is 6.92 Å². The van der Waals surface area contributed by atoms with Crippen molar-refractivity contribution >= 4 is 28.4 Å². The minimum absolute atomic E-state index is 0.0183. The van der Waals surface area contributed by atoms with E-state index in [2.05, 4.69) is 11.1 Å². The maximum absolute atomic E-state index is 12.5. The molecule has 1 aliphatic rings. The number of aromatic nitrogens is 1. The van der Waals surface area contributed by atoms with Crippen molar-refractivity contribution in [2.45, 2.75) is 45.2 Å². The van der Waals surface area contributed by atoms with E-state index in [1.165, 1.54) is 12.8 Å². The summed E-state index contributed by atoms with van der Waals surface area (Å²) < 4.78 is 5.06. The van der Waals surface area contributed by atoms with Gasteiger partial charge in [-0.2, -0.15) is 0 Å². The second-order valence-electron chi connectivity index (χ2n) is 6.48. The molecule has 1 fully saturated rings. The summed E-state index contributed by atoms with van der Waals surface area (Å²) in [6, 6.07) is 8.41. The fraction of sp³-hybridized carbons (Fsp3) is 0.474. The molecule has 5 heteroatoms. The first kappa shape index (κ1) is 17.2. The molecule has 2 aromatic rings. The molecule has 1 heterocycles. The highest BCUT2D eigenvalue weighted by Crippen LogP contribution is 2.28. The summed E-state index contributed by atoms with van der Waals surface area (Å²) in [6.07, 6.45) is 4.44. The van der Waals surface area contributed by atoms with Gasteiger partial charge in [0.2, 0.25) is 5.91 Å². The highest BCUT2D eigenvalue weighted by Gasteiger charge is 2.27. The summed E-state index contributed by atoms with van der Waals surface area (Å²) in [5, 5.41) is 1.53. The van der Waals surface area contributed by atoms with Crippen molar-refractivity contribution in [2.75, 3.05) is 13.7 Å². The number of aryl methyl sites for hydroxylation is 1. The van der Waals surface area contributed by atoms with Gasteiger partial charge in [-0.25, -0.2) is 4.98 Å². The molecule has 1 aromatic heterocycles. The molecular formula is C19H23ClN2O2. The van der Waals surface area contributed by atoms with Gasteiger partial charge >= 0.3 is 0 Å². The Morgan fingerprint density at radius 3 is 2.83 bits per heavy atom. The van der Waals surface area contributed by atoms with Gasteiger partial charge in [0.15, 0.2) is 0 Å². The third-order valence-electron chi connectivity index (χ3n) is 4.77. The zero-order valence-electron chi connectivity index (χ0n) is 14.2. The summed E-state index contributed by atoms with van der Waals surface area (Å²) in [5.74, 6) is 0.0183. The Morgan fingerprint density at radius 1 is 1.38 bits per heavy atom. The monoisotopic (exact) mass is 346 g/mol. The van der Waals surface area contributed by atoms with Crippen molar-refractivity contribution < 1.29 is 9.53 Å². The molecule has 24 heavy (non-hydrogen) atoms. The van der Waals surface area contributed by atoms with Crippen LogP contribution in [0.5, 0.6) is 0 Å². The van der Waals surface area contributed by atoms with Crippen molar-refractivity contribution in [3.63, 3.8) is 0 Å². The quantitative estimate of drug-likeness (QED) is 0.765. The topological polar surface area (TPSA) is 42.4 Å². The van der Waals surface area contributed by atoms with Gasteiger partial charge in [0.05, 0.1) is 5.52 Å². The van der Waals surface area contributed by atoms with Gasteiger partial charge in [-0.05, 0) is 31.4 Å². The number of nitrogens with zero attached hydrogens (tertiary/aromatic N) is 2. The number of para-hydroxylation sites is 1. The zero-order chi connectivity index (χ0) is 17.1. The van der Waals surface area contributed by atoms with Crippen molar-refractivity contribution in [3.8, 4) is 0 Å². The molecule has 0 unspecified atom stereocenters. The molecule has 1 aromatic carbocycles. The molecule has 1 amide bonds. The first-order valence-electron chi connectivity index (χ1n) is 8.43. The van der Waals surface area contributed by atoms with Gasteiger partial charge in [0.1, 0.15) is 11.8 Å². The standard InChI is InChI=1S/C19H23ClN2O2/c1-13-6-5-7-14-10-15(19(20)21-18(13)14)11-22(17(23)12-24-2)16-8-3-4-9-16/h5-7,10,16H,3-4,8-9,11-12H2,1-2H3. The van der Waals surface area contributed by atoms with Crippen LogP contribution in [0.4, 0.5) is 0 Å². The predicted molar refractivity (Wildman–Crippen MR) is 96.2 cm³/mol. The average molecular weight is 347 g/mol. The van der Waals surface area contributed by atoms with Gasteiger partial charge in [-0.15, -0.1) is 0 Å². The lowest BCUT2D eigenvalue weighted by Crippen LogP contribution is -2.40. The number of rotatable bonds is 5. The van der Waals surface area contributed by atoms with Crippen molar-refractivity contribution in [1.29, 1.82) is 0 Å². The van der Waals surface area contributed by atoms with E-state index in [1.54, 1.807) is 7.11 Å². The van der Waals surface area contributed by atoms with Crippen molar-refractivity contribution in [3.05, 3.63) is 40.5 Å². The van der Waals surface area contributed by atoms with Gasteiger partial charge in [-0.3, -0.25) is 4.79 Å². The largest absolute Gasteiger partial charge is 0.375 e. The Bertz CT molecular complexity index is 741. The normalized spacial score (nSPS) is 15.1. The van der Waals surface area contributed by atoms with E-state index in [9.17, 15) is 4.79 Å². The maximum Gasteiger partial charge on any atom is 0.249 e. The Balaban J connectivity index is 1.92. The summed E-state index contributed by atoms with van der Waals surface area (Å²) >= 11 is 6.43. The lowest BCUT2D eigenvalue weighted by Gasteiger charge is -2.29. The minimum atomic E-state index is 0.0183. The second kappa shape index (κ2) is 7.49. The summed E-state index contributed by atoms with van der Waals surface area (Å²) in [5.41, 5.74) is 2.91. The summed E-state index contributed by atoms with van der Waals surface area (Å²) in [7, 11) is 1.55. The molecule has 0 N–H and O–H groups in total. The highest BCUT2D eigenvalue weighted by atomic mass is 35.5. The van der Waals surface area contributed by atoms with E-state index in [0.717, 1.165) is 34.9 Å². The average Bonchev–Trinajstić information content (AvgIpc) is 3.08. The lowest BCUT2D eigenvalue weighted by molar-refractivity contribution is -0.138. The Hall–Kier alpha value is -1.65. The third kappa shape index (κ3) is 3.55. The molecule has 1 aliphatic carbocycles. The van der Waals surface area contributed by atoms with E-state index in [-0.39, 0.29) is 18.6 Å². The lowest BCUT2D eigenvalue weighted by atomic mass is 10.1. The van der Waals surface area contributed by atoms with Gasteiger partial charge in [0, 0.05) is 30.6 Å². The van der Waals surface area contributed by atoms with Crippen LogP contribution in [0.15, 0.2) is 24.3 Å². The molecule has 0 saturated heterocycles. The number of carbonyl (C=O) groups excluding carboxylic acids is 1. The number of hydrogen-bond acceptors (Lipinski definition) is 3. The molecule has 0 aliphatic heterocycles. The predicted octanol–water partition coefficient (Wildman–Crippen LogP) is 4.11. The number of ether oxygens (including phenoxy) is 1. The van der Waals surface area contributed by atoms with Gasteiger partial charge < -0.3 is 9.64 Å². The van der Waals surface area contributed by atoms with Crippen LogP contribution in [0.1, 0.15) is 36.8 Å². The van der Waals surface area contributed by atoms with E-state index in [0.29, 0.717) is 11.7 Å². The fourth-order valence-corrected chi connectivity index (χ4v) is 3.70. The van der Waals surface area contributed by atoms with Crippen LogP contribution in [0.3, 0.4) is 0 Å². The molecule has 0 spiro atoms. The molecule has 0 atom stereocenters. The zero-order valence-corrected chi connectivity index (χ0v) is 15.0. The van der Waals surface area contributed by atoms with E-state index in [4.69, 9.17) is 16.3 Å². The first-order chi connectivity index (χ1) is 11.6. The number of halogens is 1. The van der Waals surface area contributed by atoms with Gasteiger partial charge in [0.25, 0.3) is 0 Å². The smallest absolute Gasteiger partial charge is 0.249 e. The van der Waals surface area contributed by atoms with E-state index in [1.807, 2.05) is 30.0 Å². The van der Waals surface area contributed by atoms with Crippen LogP contribution in [0.2, 0.25) is 5.15 Å². The van der Waals surface area contributed by atoms with Crippen LogP contribution >= 0.6 is 11.6 Å². The fourth-order valence-electron chi connectivity index (χ4n) is 3.51. The number of hydrogen-bond donors (Lipinski definition) is 0. The molecule has 3 rings (SSSR count). The SMILES string of the molecule is COCC(=O)N(Cc1cc2cccc(C)c2nc1Cl)C1CCCC1. The Kier molecular flexibility index (Phi) is 5.36. The molecule has 128 valence electrons. The van der Waals surface area contributed by atoms with Crippen LogP contribution < -0.4 is 0 Å². The van der Waals surface area contributed by atoms with Crippen molar-refractivity contribution in [2.24, 2.45) is 0 Å². The second-order valence-corrected chi connectivity index (χ2v) is 6.84. The van der Waals surface area contributed by atoms with Crippen LogP contribution in [-0.2, 0) is 16.1 Å². The number of pyridine rings is 1. The molecule has 0 bridgehead atoms. The van der Waals surface area contributed by atoms with Gasteiger partial charge in [-0.1, -0.05) is 42.6 Å². The number of methoxy groups -OCH3 is 1.